The van der Waals surface area contributed by atoms with Crippen molar-refractivity contribution >= 4 is 6.03 Å². The molecule has 1 aliphatic heterocycles. The topological polar surface area (TPSA) is 23.6 Å². The Kier molecular flexibility index (Phi) is 2.18. The molecule has 0 N–H and O–H groups in total. The quantitative estimate of drug-likeness (QED) is 0.583. The maximum atomic E-state index is 12.0. The van der Waals surface area contributed by atoms with Crippen LogP contribution in [0.4, 0.5) is 4.79 Å². The second-order valence-electron chi connectivity index (χ2n) is 5.35. The molecule has 2 amide bonds. The van der Waals surface area contributed by atoms with Gasteiger partial charge in [-0.3, -0.25) is 4.90 Å². The molecule has 3 heteroatoms. The highest BCUT2D eigenvalue weighted by Crippen LogP contribution is 2.37. The molecule has 0 radical (unpaired) electrons. The third kappa shape index (κ3) is 1.31. The van der Waals surface area contributed by atoms with Gasteiger partial charge in [-0.15, -0.1) is 0 Å². The molecule has 3 nitrogen and oxygen atoms in total. The first kappa shape index (κ1) is 11.1. The fourth-order valence-corrected chi connectivity index (χ4v) is 1.66. The zero-order chi connectivity index (χ0) is 11.3. The lowest BCUT2D eigenvalue weighted by Crippen LogP contribution is -2.42. The average molecular weight is 196 g/mol. The number of hydrogen-bond acceptors (Lipinski definition) is 1. The summed E-state index contributed by atoms with van der Waals surface area (Å²) >= 11 is 0. The maximum absolute atomic E-state index is 12.0. The van der Waals surface area contributed by atoms with E-state index >= 15 is 0 Å². The van der Waals surface area contributed by atoms with E-state index in [1.165, 1.54) is 0 Å². The van der Waals surface area contributed by atoms with Crippen molar-refractivity contribution in [1.29, 1.82) is 0 Å². The standard InChI is InChI=1S/C11H20N2O/c1-8-11(5,6)12(7)9(14)13(8)10(2,3)4/h1H2,2-7H3. The minimum Gasteiger partial charge on any atom is -0.317 e. The number of hydrogen-bond donors (Lipinski definition) is 0. The average Bonchev–Trinajstić information content (AvgIpc) is 2.12. The Balaban J connectivity index is 3.15. The van der Waals surface area contributed by atoms with Gasteiger partial charge in [0.1, 0.15) is 0 Å². The van der Waals surface area contributed by atoms with Gasteiger partial charge in [0, 0.05) is 18.3 Å². The minimum atomic E-state index is -0.273. The molecule has 1 rings (SSSR count). The summed E-state index contributed by atoms with van der Waals surface area (Å²) < 4.78 is 0. The predicted molar refractivity (Wildman–Crippen MR) is 58.0 cm³/mol. The summed E-state index contributed by atoms with van der Waals surface area (Å²) in [5.41, 5.74) is 0.401. The van der Waals surface area contributed by atoms with Crippen LogP contribution in [0.3, 0.4) is 0 Å². The van der Waals surface area contributed by atoms with Crippen molar-refractivity contribution in [3.8, 4) is 0 Å². The Morgan fingerprint density at radius 1 is 1.29 bits per heavy atom. The van der Waals surface area contributed by atoms with Crippen LogP contribution in [0, 0.1) is 0 Å². The summed E-state index contributed by atoms with van der Waals surface area (Å²) in [7, 11) is 1.82. The van der Waals surface area contributed by atoms with E-state index in [-0.39, 0.29) is 17.1 Å². The third-order valence-corrected chi connectivity index (χ3v) is 2.96. The van der Waals surface area contributed by atoms with E-state index in [1.54, 1.807) is 9.80 Å². The van der Waals surface area contributed by atoms with E-state index in [4.69, 9.17) is 0 Å². The van der Waals surface area contributed by atoms with Crippen LogP contribution in [0.1, 0.15) is 34.6 Å². The van der Waals surface area contributed by atoms with Crippen LogP contribution in [-0.4, -0.2) is 34.0 Å². The van der Waals surface area contributed by atoms with Crippen LogP contribution in [-0.2, 0) is 0 Å². The van der Waals surface area contributed by atoms with Crippen LogP contribution in [0.2, 0.25) is 0 Å². The number of carbonyl (C=O) groups excluding carboxylic acids is 1. The molecule has 14 heavy (non-hydrogen) atoms. The number of rotatable bonds is 0. The van der Waals surface area contributed by atoms with E-state index in [2.05, 4.69) is 6.58 Å². The third-order valence-electron chi connectivity index (χ3n) is 2.96. The smallest absolute Gasteiger partial charge is 0.317 e. The second-order valence-corrected chi connectivity index (χ2v) is 5.35. The zero-order valence-corrected chi connectivity index (χ0v) is 10.0. The Morgan fingerprint density at radius 2 is 1.71 bits per heavy atom. The lowest BCUT2D eigenvalue weighted by molar-refractivity contribution is 0.166. The van der Waals surface area contributed by atoms with Crippen molar-refractivity contribution in [2.45, 2.75) is 45.7 Å². The molecule has 0 aromatic rings. The molecule has 1 heterocycles. The van der Waals surface area contributed by atoms with Crippen LogP contribution in [0.15, 0.2) is 12.3 Å². The molecule has 0 aliphatic carbocycles. The first-order valence-corrected chi connectivity index (χ1v) is 4.87. The molecule has 0 unspecified atom stereocenters. The lowest BCUT2D eigenvalue weighted by atomic mass is 9.98. The van der Waals surface area contributed by atoms with Crippen molar-refractivity contribution in [2.24, 2.45) is 0 Å². The van der Waals surface area contributed by atoms with Gasteiger partial charge in [-0.2, -0.15) is 0 Å². The van der Waals surface area contributed by atoms with Gasteiger partial charge in [0.15, 0.2) is 0 Å². The fourth-order valence-electron chi connectivity index (χ4n) is 1.66. The van der Waals surface area contributed by atoms with Gasteiger partial charge in [-0.05, 0) is 34.6 Å². The summed E-state index contributed by atoms with van der Waals surface area (Å²) in [6, 6.07) is 0.0347. The normalized spacial score (nSPS) is 22.1. The lowest BCUT2D eigenvalue weighted by Gasteiger charge is -2.33. The Morgan fingerprint density at radius 3 is 1.86 bits per heavy atom. The van der Waals surface area contributed by atoms with E-state index < -0.39 is 0 Å². The van der Waals surface area contributed by atoms with E-state index in [9.17, 15) is 4.79 Å². The highest BCUT2D eigenvalue weighted by molar-refractivity contribution is 5.82. The monoisotopic (exact) mass is 196 g/mol. The molecule has 0 saturated carbocycles. The first-order valence-electron chi connectivity index (χ1n) is 4.87. The van der Waals surface area contributed by atoms with Crippen molar-refractivity contribution in [1.82, 2.24) is 9.80 Å². The van der Waals surface area contributed by atoms with Crippen molar-refractivity contribution < 1.29 is 4.79 Å². The van der Waals surface area contributed by atoms with Crippen LogP contribution >= 0.6 is 0 Å². The predicted octanol–water partition coefficient (Wildman–Crippen LogP) is 2.44. The van der Waals surface area contributed by atoms with E-state index in [0.717, 1.165) is 5.70 Å². The van der Waals surface area contributed by atoms with Crippen LogP contribution in [0.5, 0.6) is 0 Å². The highest BCUT2D eigenvalue weighted by atomic mass is 16.2. The van der Waals surface area contributed by atoms with Crippen molar-refractivity contribution in [3.63, 3.8) is 0 Å². The summed E-state index contributed by atoms with van der Waals surface area (Å²) in [5.74, 6) is 0. The number of urea groups is 1. The first-order chi connectivity index (χ1) is 6.10. The summed E-state index contributed by atoms with van der Waals surface area (Å²) in [5, 5.41) is 0. The van der Waals surface area contributed by atoms with Gasteiger partial charge in [0.05, 0.1) is 5.54 Å². The Bertz CT molecular complexity index is 286. The summed E-state index contributed by atoms with van der Waals surface area (Å²) in [4.78, 5) is 15.5. The molecule has 1 fully saturated rings. The SMILES string of the molecule is C=C1N(C(C)(C)C)C(=O)N(C)C1(C)C. The number of amides is 2. The van der Waals surface area contributed by atoms with E-state index in [0.29, 0.717) is 0 Å². The molecule has 0 spiro atoms. The zero-order valence-electron chi connectivity index (χ0n) is 10.0. The molecular formula is C11H20N2O. The number of nitrogens with zero attached hydrogens (tertiary/aromatic N) is 2. The molecule has 1 aliphatic rings. The highest BCUT2D eigenvalue weighted by Gasteiger charge is 2.48. The molecule has 0 atom stereocenters. The summed E-state index contributed by atoms with van der Waals surface area (Å²) in [6.07, 6.45) is 0. The number of carbonyl (C=O) groups is 1. The van der Waals surface area contributed by atoms with Crippen molar-refractivity contribution in [2.75, 3.05) is 7.05 Å². The maximum Gasteiger partial charge on any atom is 0.325 e. The fraction of sp³-hybridized carbons (Fsp3) is 0.727. The van der Waals surface area contributed by atoms with Crippen molar-refractivity contribution in [3.05, 3.63) is 12.3 Å². The molecule has 80 valence electrons. The van der Waals surface area contributed by atoms with Gasteiger partial charge in [0.2, 0.25) is 0 Å². The summed E-state index contributed by atoms with van der Waals surface area (Å²) in [6.45, 7) is 14.1. The number of likely N-dealkylation sites (N-methyl/N-ethyl adjacent to an activating group) is 1. The van der Waals surface area contributed by atoms with Crippen LogP contribution in [0.25, 0.3) is 0 Å². The van der Waals surface area contributed by atoms with Gasteiger partial charge in [-0.25, -0.2) is 4.79 Å². The van der Waals surface area contributed by atoms with Gasteiger partial charge < -0.3 is 4.90 Å². The second kappa shape index (κ2) is 2.75. The largest absolute Gasteiger partial charge is 0.325 e. The Hall–Kier alpha value is -0.990. The Labute approximate surface area is 86.4 Å². The van der Waals surface area contributed by atoms with Gasteiger partial charge >= 0.3 is 6.03 Å². The van der Waals surface area contributed by atoms with E-state index in [1.807, 2.05) is 41.7 Å². The molecular weight excluding hydrogens is 176 g/mol. The van der Waals surface area contributed by atoms with Crippen LogP contribution < -0.4 is 0 Å². The minimum absolute atomic E-state index is 0.0347. The van der Waals surface area contributed by atoms with Gasteiger partial charge in [0.25, 0.3) is 0 Å². The van der Waals surface area contributed by atoms with Gasteiger partial charge in [-0.1, -0.05) is 6.58 Å². The molecule has 0 aromatic carbocycles. The molecule has 1 saturated heterocycles. The molecule has 0 aromatic heterocycles. The molecule has 0 bridgehead atoms.